The van der Waals surface area contributed by atoms with Gasteiger partial charge in [-0.25, -0.2) is 9.50 Å². The summed E-state index contributed by atoms with van der Waals surface area (Å²) in [6, 6.07) is 9.33. The summed E-state index contributed by atoms with van der Waals surface area (Å²) in [4.78, 5) is 4.19. The minimum atomic E-state index is 0.573. The fourth-order valence-corrected chi connectivity index (χ4v) is 2.00. The molecule has 0 unspecified atom stereocenters. The van der Waals surface area contributed by atoms with Crippen molar-refractivity contribution in [3.63, 3.8) is 0 Å². The first kappa shape index (κ1) is 10.1. The van der Waals surface area contributed by atoms with E-state index in [1.807, 2.05) is 30.3 Å². The van der Waals surface area contributed by atoms with Crippen LogP contribution in [-0.4, -0.2) is 14.6 Å². The molecule has 1 aromatic carbocycles. The molecule has 84 valence electrons. The average molecular weight is 245 g/mol. The minimum absolute atomic E-state index is 0.573. The summed E-state index contributed by atoms with van der Waals surface area (Å²) >= 11 is 5.99. The Balaban J connectivity index is 2.36. The highest BCUT2D eigenvalue weighted by molar-refractivity contribution is 6.30. The van der Waals surface area contributed by atoms with Gasteiger partial charge in [-0.05, 0) is 12.1 Å². The first-order valence-corrected chi connectivity index (χ1v) is 5.47. The van der Waals surface area contributed by atoms with Gasteiger partial charge >= 0.3 is 0 Å². The molecular formula is C12H9ClN4. The molecule has 2 N–H and O–H groups in total. The number of nitrogens with zero attached hydrogens (tertiary/aromatic N) is 3. The number of fused-ring (bicyclic) bond motifs is 1. The largest absolute Gasteiger partial charge is 0.396 e. The van der Waals surface area contributed by atoms with Gasteiger partial charge in [0.05, 0.1) is 23.8 Å². The first-order chi connectivity index (χ1) is 8.25. The van der Waals surface area contributed by atoms with Gasteiger partial charge in [0, 0.05) is 16.7 Å². The fraction of sp³-hybridized carbons (Fsp3) is 0. The molecule has 0 radical (unpaired) electrons. The lowest BCUT2D eigenvalue weighted by Gasteiger charge is -2.08. The van der Waals surface area contributed by atoms with Gasteiger partial charge in [-0.1, -0.05) is 23.7 Å². The molecule has 0 aliphatic carbocycles. The van der Waals surface area contributed by atoms with Crippen molar-refractivity contribution in [1.29, 1.82) is 0 Å². The molecule has 0 bridgehead atoms. The van der Waals surface area contributed by atoms with Crippen LogP contribution in [0.25, 0.3) is 16.9 Å². The van der Waals surface area contributed by atoms with Gasteiger partial charge in [0.15, 0.2) is 5.65 Å². The maximum Gasteiger partial charge on any atom is 0.155 e. The zero-order chi connectivity index (χ0) is 11.8. The predicted octanol–water partition coefficient (Wildman–Crippen LogP) is 2.63. The van der Waals surface area contributed by atoms with Gasteiger partial charge in [0.1, 0.15) is 0 Å². The molecule has 0 saturated heterocycles. The molecule has 2 aromatic heterocycles. The van der Waals surface area contributed by atoms with Crippen molar-refractivity contribution in [3.8, 4) is 11.3 Å². The fourth-order valence-electron chi connectivity index (χ4n) is 1.81. The van der Waals surface area contributed by atoms with Gasteiger partial charge in [0.2, 0.25) is 0 Å². The van der Waals surface area contributed by atoms with E-state index < -0.39 is 0 Å². The van der Waals surface area contributed by atoms with E-state index in [0.717, 1.165) is 16.9 Å². The smallest absolute Gasteiger partial charge is 0.155 e. The second-order valence-electron chi connectivity index (χ2n) is 3.67. The summed E-state index contributed by atoms with van der Waals surface area (Å²) in [5.41, 5.74) is 9.02. The Morgan fingerprint density at radius 3 is 2.94 bits per heavy atom. The van der Waals surface area contributed by atoms with E-state index in [9.17, 15) is 0 Å². The average Bonchev–Trinajstić information content (AvgIpc) is 2.76. The molecule has 0 amide bonds. The van der Waals surface area contributed by atoms with E-state index in [4.69, 9.17) is 17.3 Å². The van der Waals surface area contributed by atoms with Crippen LogP contribution in [0.2, 0.25) is 5.02 Å². The number of hydrogen-bond acceptors (Lipinski definition) is 3. The second kappa shape index (κ2) is 3.75. The van der Waals surface area contributed by atoms with Crippen molar-refractivity contribution < 1.29 is 0 Å². The molecule has 2 heterocycles. The molecule has 0 fully saturated rings. The topological polar surface area (TPSA) is 56.2 Å². The van der Waals surface area contributed by atoms with E-state index >= 15 is 0 Å². The zero-order valence-electron chi connectivity index (χ0n) is 8.84. The maximum atomic E-state index is 5.99. The third-order valence-electron chi connectivity index (χ3n) is 2.54. The van der Waals surface area contributed by atoms with Crippen molar-refractivity contribution in [1.82, 2.24) is 14.6 Å². The number of rotatable bonds is 1. The minimum Gasteiger partial charge on any atom is -0.396 e. The Labute approximate surface area is 103 Å². The van der Waals surface area contributed by atoms with Crippen LogP contribution in [0.1, 0.15) is 0 Å². The molecule has 0 aliphatic rings. The van der Waals surface area contributed by atoms with Crippen LogP contribution < -0.4 is 5.73 Å². The lowest BCUT2D eigenvalue weighted by atomic mass is 10.1. The number of benzene rings is 1. The molecule has 0 spiro atoms. The molecule has 0 aliphatic heterocycles. The van der Waals surface area contributed by atoms with Crippen LogP contribution in [0.3, 0.4) is 0 Å². The third-order valence-corrected chi connectivity index (χ3v) is 2.78. The molecule has 0 saturated carbocycles. The summed E-state index contributed by atoms with van der Waals surface area (Å²) in [6.07, 6.45) is 3.32. The van der Waals surface area contributed by atoms with Crippen molar-refractivity contribution in [2.24, 2.45) is 0 Å². The first-order valence-electron chi connectivity index (χ1n) is 5.10. The van der Waals surface area contributed by atoms with Gasteiger partial charge in [0.25, 0.3) is 0 Å². The normalized spacial score (nSPS) is 10.9. The van der Waals surface area contributed by atoms with Crippen LogP contribution in [0.5, 0.6) is 0 Å². The van der Waals surface area contributed by atoms with E-state index in [-0.39, 0.29) is 0 Å². The van der Waals surface area contributed by atoms with Gasteiger partial charge < -0.3 is 5.73 Å². The monoisotopic (exact) mass is 244 g/mol. The molecule has 17 heavy (non-hydrogen) atoms. The Hall–Kier alpha value is -2.07. The van der Waals surface area contributed by atoms with Crippen molar-refractivity contribution >= 4 is 22.9 Å². The number of nitrogens with two attached hydrogens (primary N) is 1. The lowest BCUT2D eigenvalue weighted by Crippen LogP contribution is -2.01. The van der Waals surface area contributed by atoms with Gasteiger partial charge in [-0.2, -0.15) is 5.10 Å². The Morgan fingerprint density at radius 1 is 1.24 bits per heavy atom. The van der Waals surface area contributed by atoms with E-state index in [1.54, 1.807) is 16.9 Å². The number of halogens is 1. The number of aromatic nitrogens is 3. The molecule has 0 atom stereocenters. The number of nitrogen functional groups attached to an aromatic ring is 1. The summed E-state index contributed by atoms with van der Waals surface area (Å²) < 4.78 is 1.71. The van der Waals surface area contributed by atoms with Crippen molar-refractivity contribution in [3.05, 3.63) is 47.7 Å². The van der Waals surface area contributed by atoms with Crippen molar-refractivity contribution in [2.75, 3.05) is 5.73 Å². The zero-order valence-corrected chi connectivity index (χ0v) is 9.59. The van der Waals surface area contributed by atoms with Gasteiger partial charge in [-0.3, -0.25) is 0 Å². The highest BCUT2D eigenvalue weighted by Gasteiger charge is 2.09. The summed E-state index contributed by atoms with van der Waals surface area (Å²) in [7, 11) is 0. The molecule has 5 heteroatoms. The molecular weight excluding hydrogens is 236 g/mol. The van der Waals surface area contributed by atoms with Crippen LogP contribution in [0.4, 0.5) is 5.69 Å². The lowest BCUT2D eigenvalue weighted by molar-refractivity contribution is 0.951. The van der Waals surface area contributed by atoms with E-state index in [2.05, 4.69) is 10.1 Å². The SMILES string of the molecule is Nc1cnc2ccnn2c1-c1cccc(Cl)c1. The number of hydrogen-bond donors (Lipinski definition) is 1. The molecule has 3 aromatic rings. The van der Waals surface area contributed by atoms with Crippen LogP contribution in [0.15, 0.2) is 42.7 Å². The van der Waals surface area contributed by atoms with Crippen LogP contribution in [0, 0.1) is 0 Å². The Bertz CT molecular complexity index is 690. The molecule has 3 rings (SSSR count). The number of anilines is 1. The van der Waals surface area contributed by atoms with Crippen LogP contribution >= 0.6 is 11.6 Å². The summed E-state index contributed by atoms with van der Waals surface area (Å²) in [5.74, 6) is 0. The highest BCUT2D eigenvalue weighted by atomic mass is 35.5. The van der Waals surface area contributed by atoms with E-state index in [0.29, 0.717) is 10.7 Å². The van der Waals surface area contributed by atoms with Crippen LogP contribution in [-0.2, 0) is 0 Å². The summed E-state index contributed by atoms with van der Waals surface area (Å²) in [6.45, 7) is 0. The van der Waals surface area contributed by atoms with Gasteiger partial charge in [-0.15, -0.1) is 0 Å². The standard InChI is InChI=1S/C12H9ClN4/c13-9-3-1-2-8(6-9)12-10(14)7-15-11-4-5-16-17(11)12/h1-7H,14H2. The summed E-state index contributed by atoms with van der Waals surface area (Å²) in [5, 5.41) is 4.88. The predicted molar refractivity (Wildman–Crippen MR) is 67.8 cm³/mol. The maximum absolute atomic E-state index is 5.99. The molecule has 4 nitrogen and oxygen atoms in total. The van der Waals surface area contributed by atoms with E-state index in [1.165, 1.54) is 0 Å². The quantitative estimate of drug-likeness (QED) is 0.716. The highest BCUT2D eigenvalue weighted by Crippen LogP contribution is 2.27. The van der Waals surface area contributed by atoms with Crippen molar-refractivity contribution in [2.45, 2.75) is 0 Å². The Morgan fingerprint density at radius 2 is 2.12 bits per heavy atom. The third kappa shape index (κ3) is 1.62. The Kier molecular flexibility index (Phi) is 2.23. The second-order valence-corrected chi connectivity index (χ2v) is 4.11.